The number of ether oxygens (including phenoxy) is 2. The van der Waals surface area contributed by atoms with Gasteiger partial charge in [0.05, 0.1) is 17.1 Å². The third-order valence-electron chi connectivity index (χ3n) is 6.07. The second kappa shape index (κ2) is 16.4. The van der Waals surface area contributed by atoms with Crippen LogP contribution in [0.5, 0.6) is 0 Å². The maximum atomic E-state index is 13.0. The van der Waals surface area contributed by atoms with E-state index >= 15 is 0 Å². The molecule has 0 aliphatic carbocycles. The van der Waals surface area contributed by atoms with E-state index in [0.29, 0.717) is 36.8 Å². The number of amides is 1. The molecule has 0 spiro atoms. The number of hydrogen-bond acceptors (Lipinski definition) is 10. The molecule has 1 amide bonds. The van der Waals surface area contributed by atoms with Crippen LogP contribution in [0.4, 0.5) is 4.79 Å². The molecule has 0 fully saturated rings. The van der Waals surface area contributed by atoms with Crippen LogP contribution in [0.3, 0.4) is 0 Å². The molecular formula is C30H38N2O11S. The summed E-state index contributed by atoms with van der Waals surface area (Å²) in [6.07, 6.45) is 1.18. The van der Waals surface area contributed by atoms with Crippen LogP contribution in [0, 0.1) is 10.1 Å². The van der Waals surface area contributed by atoms with Crippen molar-refractivity contribution in [3.05, 3.63) is 75.8 Å². The zero-order valence-electron chi connectivity index (χ0n) is 25.1. The molecule has 0 saturated heterocycles. The molecule has 0 aliphatic rings. The van der Waals surface area contributed by atoms with E-state index in [1.54, 1.807) is 51.1 Å². The number of carbonyl (C=O) groups is 3. The Morgan fingerprint density at radius 2 is 1.57 bits per heavy atom. The first-order valence-electron chi connectivity index (χ1n) is 13.9. The van der Waals surface area contributed by atoms with E-state index in [1.807, 2.05) is 0 Å². The summed E-state index contributed by atoms with van der Waals surface area (Å²) >= 11 is 0. The highest BCUT2D eigenvalue weighted by Gasteiger charge is 2.29. The summed E-state index contributed by atoms with van der Waals surface area (Å²) < 4.78 is 35.1. The number of carboxylic acids is 1. The number of sulfone groups is 1. The largest absolute Gasteiger partial charge is 0.478 e. The molecule has 0 heterocycles. The number of benzene rings is 2. The molecule has 0 aliphatic heterocycles. The Kier molecular flexibility index (Phi) is 13.3. The zero-order chi connectivity index (χ0) is 32.9. The maximum Gasteiger partial charge on any atom is 0.408 e. The van der Waals surface area contributed by atoms with Gasteiger partial charge in [0.2, 0.25) is 0 Å². The van der Waals surface area contributed by atoms with Gasteiger partial charge in [0.25, 0.3) is 5.09 Å². The van der Waals surface area contributed by atoms with E-state index < -0.39 is 51.2 Å². The maximum absolute atomic E-state index is 13.0. The molecule has 2 rings (SSSR count). The van der Waals surface area contributed by atoms with E-state index in [4.69, 9.17) is 9.47 Å². The predicted octanol–water partition coefficient (Wildman–Crippen LogP) is 4.68. The Bertz CT molecular complexity index is 1430. The minimum absolute atomic E-state index is 0.0178. The lowest BCUT2D eigenvalue weighted by Crippen LogP contribution is -2.37. The fourth-order valence-electron chi connectivity index (χ4n) is 4.22. The van der Waals surface area contributed by atoms with Crippen LogP contribution < -0.4 is 5.32 Å². The molecule has 2 N–H and O–H groups in total. The van der Waals surface area contributed by atoms with Gasteiger partial charge in [-0.2, -0.15) is 0 Å². The van der Waals surface area contributed by atoms with E-state index in [0.717, 1.165) is 6.26 Å². The molecule has 13 nitrogen and oxygen atoms in total. The van der Waals surface area contributed by atoms with Crippen LogP contribution in [0.15, 0.2) is 59.5 Å². The second-order valence-corrected chi connectivity index (χ2v) is 12.9. The SMILES string of the molecule is CC(C)(C)OC(=O)NCC(=O)OC(CCCCCCO[N+](=O)[O-])/C(=C(\C(=O)O)c1ccccc1)c1ccc(S(C)(=O)=O)cc1. The molecule has 2 aromatic carbocycles. The molecule has 240 valence electrons. The Labute approximate surface area is 256 Å². The molecule has 0 bridgehead atoms. The van der Waals surface area contributed by atoms with Crippen molar-refractivity contribution in [1.82, 2.24) is 5.32 Å². The van der Waals surface area contributed by atoms with Gasteiger partial charge in [-0.25, -0.2) is 18.0 Å². The highest BCUT2D eigenvalue weighted by Crippen LogP contribution is 2.34. The van der Waals surface area contributed by atoms with Gasteiger partial charge < -0.3 is 24.7 Å². The van der Waals surface area contributed by atoms with Gasteiger partial charge in [0, 0.05) is 11.8 Å². The number of esters is 1. The lowest BCUT2D eigenvalue weighted by Gasteiger charge is -2.25. The van der Waals surface area contributed by atoms with Gasteiger partial charge in [0.1, 0.15) is 18.2 Å². The Morgan fingerprint density at radius 1 is 0.955 bits per heavy atom. The van der Waals surface area contributed by atoms with Gasteiger partial charge in [-0.15, -0.1) is 10.1 Å². The molecular weight excluding hydrogens is 596 g/mol. The van der Waals surface area contributed by atoms with Crippen LogP contribution in [-0.2, 0) is 33.7 Å². The van der Waals surface area contributed by atoms with Crippen molar-refractivity contribution in [3.8, 4) is 0 Å². The van der Waals surface area contributed by atoms with Crippen molar-refractivity contribution < 1.29 is 47.3 Å². The van der Waals surface area contributed by atoms with Crippen molar-refractivity contribution in [2.45, 2.75) is 69.5 Å². The van der Waals surface area contributed by atoms with Crippen molar-refractivity contribution >= 4 is 39.0 Å². The van der Waals surface area contributed by atoms with Crippen molar-refractivity contribution in [2.24, 2.45) is 0 Å². The summed E-state index contributed by atoms with van der Waals surface area (Å²) in [4.78, 5) is 52.6. The van der Waals surface area contributed by atoms with E-state index in [2.05, 4.69) is 10.2 Å². The fourth-order valence-corrected chi connectivity index (χ4v) is 4.85. The first-order chi connectivity index (χ1) is 20.6. The third kappa shape index (κ3) is 12.4. The lowest BCUT2D eigenvalue weighted by atomic mass is 9.88. The summed E-state index contributed by atoms with van der Waals surface area (Å²) in [6.45, 7) is 4.35. The summed E-state index contributed by atoms with van der Waals surface area (Å²) in [5, 5.41) is 22.2. The molecule has 0 aromatic heterocycles. The predicted molar refractivity (Wildman–Crippen MR) is 161 cm³/mol. The molecule has 1 unspecified atom stereocenters. The number of nitrogens with zero attached hydrogens (tertiary/aromatic N) is 1. The van der Waals surface area contributed by atoms with Gasteiger partial charge >= 0.3 is 18.0 Å². The highest BCUT2D eigenvalue weighted by atomic mass is 32.2. The number of carbonyl (C=O) groups excluding carboxylic acids is 2. The number of nitrogens with one attached hydrogen (secondary N) is 1. The van der Waals surface area contributed by atoms with Gasteiger partial charge in [-0.3, -0.25) is 4.79 Å². The zero-order valence-corrected chi connectivity index (χ0v) is 25.9. The topological polar surface area (TPSA) is 188 Å². The monoisotopic (exact) mass is 634 g/mol. The van der Waals surface area contributed by atoms with Crippen LogP contribution in [0.1, 0.15) is 64.0 Å². The second-order valence-electron chi connectivity index (χ2n) is 10.9. The Hall–Kier alpha value is -4.46. The van der Waals surface area contributed by atoms with Crippen LogP contribution in [0.25, 0.3) is 11.1 Å². The summed E-state index contributed by atoms with van der Waals surface area (Å²) in [5.41, 5.74) is -0.189. The first kappa shape index (κ1) is 35.7. The number of hydrogen-bond donors (Lipinski definition) is 2. The Morgan fingerprint density at radius 3 is 2.11 bits per heavy atom. The smallest absolute Gasteiger partial charge is 0.408 e. The minimum atomic E-state index is -3.55. The normalized spacial score (nSPS) is 12.8. The van der Waals surface area contributed by atoms with Crippen molar-refractivity contribution in [3.63, 3.8) is 0 Å². The summed E-state index contributed by atoms with van der Waals surface area (Å²) in [7, 11) is -3.55. The quantitative estimate of drug-likeness (QED) is 0.0651. The first-order valence-corrected chi connectivity index (χ1v) is 15.7. The molecule has 0 radical (unpaired) electrons. The number of carboxylic acid groups (broad SMARTS) is 1. The Balaban J connectivity index is 2.51. The average molecular weight is 635 g/mol. The minimum Gasteiger partial charge on any atom is -0.478 e. The average Bonchev–Trinajstić information content (AvgIpc) is 2.92. The van der Waals surface area contributed by atoms with Crippen molar-refractivity contribution in [1.29, 1.82) is 0 Å². The summed E-state index contributed by atoms with van der Waals surface area (Å²) in [6, 6.07) is 13.8. The van der Waals surface area contributed by atoms with Crippen LogP contribution in [0.2, 0.25) is 0 Å². The number of unbranched alkanes of at least 4 members (excludes halogenated alkanes) is 3. The van der Waals surface area contributed by atoms with Gasteiger partial charge in [-0.1, -0.05) is 55.3 Å². The van der Waals surface area contributed by atoms with Gasteiger partial charge in [-0.05, 0) is 63.3 Å². The van der Waals surface area contributed by atoms with Gasteiger partial charge in [0.15, 0.2) is 9.84 Å². The van der Waals surface area contributed by atoms with E-state index in [-0.39, 0.29) is 29.1 Å². The van der Waals surface area contributed by atoms with Crippen LogP contribution in [-0.4, -0.2) is 67.8 Å². The fraction of sp³-hybridized carbons (Fsp3) is 0.433. The molecule has 14 heteroatoms. The lowest BCUT2D eigenvalue weighted by molar-refractivity contribution is -0.757. The molecule has 1 atom stereocenters. The summed E-state index contributed by atoms with van der Waals surface area (Å²) in [5.74, 6) is -2.16. The van der Waals surface area contributed by atoms with Crippen molar-refractivity contribution in [2.75, 3.05) is 19.4 Å². The highest BCUT2D eigenvalue weighted by molar-refractivity contribution is 7.90. The number of alkyl carbamates (subject to hydrolysis) is 1. The molecule has 0 saturated carbocycles. The third-order valence-corrected chi connectivity index (χ3v) is 7.20. The number of rotatable bonds is 16. The molecule has 2 aromatic rings. The number of aliphatic carboxylic acids is 1. The standard InChI is InChI=1S/C30H38N2O11S/c1-30(2,3)43-29(36)31-20-25(33)42-24(14-10-5-6-11-19-41-32(37)38)26(22-15-17-23(18-16-22)44(4,39)40)27(28(34)35)21-12-8-7-9-13-21/h7-9,12-13,15-18,24H,5-6,10-11,14,19-20H2,1-4H3,(H,31,36)(H,34,35)/b27-26-. The van der Waals surface area contributed by atoms with Crippen LogP contribution >= 0.6 is 0 Å². The molecule has 44 heavy (non-hydrogen) atoms. The van der Waals surface area contributed by atoms with E-state index in [1.165, 1.54) is 24.3 Å². The van der Waals surface area contributed by atoms with E-state index in [9.17, 15) is 38.0 Å².